The molecular formula is C17H11NO2. The number of benzene rings is 2. The zero-order chi connectivity index (χ0) is 14.1. The Morgan fingerprint density at radius 1 is 1.20 bits per heavy atom. The van der Waals surface area contributed by atoms with Gasteiger partial charge in [-0.3, -0.25) is 4.79 Å². The highest BCUT2D eigenvalue weighted by molar-refractivity contribution is 6.16. The molecule has 1 N–H and O–H groups in total. The topological polar surface area (TPSA) is 61.1 Å². The number of rotatable bonds is 1. The minimum Gasteiger partial charge on any atom is -0.508 e. The van der Waals surface area contributed by atoms with Crippen LogP contribution in [0, 0.1) is 11.3 Å². The van der Waals surface area contributed by atoms with E-state index in [1.165, 1.54) is 0 Å². The first-order valence-electron chi connectivity index (χ1n) is 6.25. The Morgan fingerprint density at radius 3 is 2.75 bits per heavy atom. The summed E-state index contributed by atoms with van der Waals surface area (Å²) in [5, 5.41) is 18.7. The van der Waals surface area contributed by atoms with Gasteiger partial charge in [0.25, 0.3) is 0 Å². The van der Waals surface area contributed by atoms with E-state index in [0.717, 1.165) is 5.56 Å². The Balaban J connectivity index is 2.02. The second-order valence-corrected chi connectivity index (χ2v) is 4.72. The number of phenols is 1. The highest BCUT2D eigenvalue weighted by atomic mass is 16.3. The van der Waals surface area contributed by atoms with Crippen molar-refractivity contribution in [1.82, 2.24) is 0 Å². The SMILES string of the molecule is N#Cc1cccc(C=C2Cc3c(O)cccc3C2=O)c1. The van der Waals surface area contributed by atoms with E-state index < -0.39 is 0 Å². The monoisotopic (exact) mass is 261 g/mol. The van der Waals surface area contributed by atoms with Gasteiger partial charge in [-0.15, -0.1) is 0 Å². The van der Waals surface area contributed by atoms with Crippen molar-refractivity contribution in [2.75, 3.05) is 0 Å². The molecule has 0 spiro atoms. The molecule has 0 radical (unpaired) electrons. The summed E-state index contributed by atoms with van der Waals surface area (Å²) in [5.41, 5.74) is 3.26. The van der Waals surface area contributed by atoms with E-state index in [2.05, 4.69) is 6.07 Å². The Kier molecular flexibility index (Phi) is 2.85. The molecule has 20 heavy (non-hydrogen) atoms. The van der Waals surface area contributed by atoms with Gasteiger partial charge >= 0.3 is 0 Å². The molecule has 96 valence electrons. The van der Waals surface area contributed by atoms with Crippen molar-refractivity contribution >= 4 is 11.9 Å². The van der Waals surface area contributed by atoms with E-state index in [1.54, 1.807) is 42.5 Å². The Bertz CT molecular complexity index is 782. The molecule has 1 aliphatic rings. The van der Waals surface area contributed by atoms with Crippen LogP contribution in [-0.4, -0.2) is 10.9 Å². The van der Waals surface area contributed by atoms with Crippen LogP contribution in [0.3, 0.4) is 0 Å². The number of nitriles is 1. The maximum atomic E-state index is 12.3. The van der Waals surface area contributed by atoms with Crippen LogP contribution in [0.1, 0.15) is 27.0 Å². The summed E-state index contributed by atoms with van der Waals surface area (Å²) in [6, 6.07) is 14.2. The zero-order valence-electron chi connectivity index (χ0n) is 10.6. The van der Waals surface area contributed by atoms with Gasteiger partial charge in [0, 0.05) is 23.1 Å². The lowest BCUT2D eigenvalue weighted by Gasteiger charge is -1.98. The lowest BCUT2D eigenvalue weighted by Crippen LogP contribution is -1.95. The van der Waals surface area contributed by atoms with Crippen LogP contribution in [0.25, 0.3) is 6.08 Å². The fraction of sp³-hybridized carbons (Fsp3) is 0.0588. The fourth-order valence-electron chi connectivity index (χ4n) is 2.43. The minimum atomic E-state index is -0.0572. The number of Topliss-reactive ketones (excluding diaryl/α,β-unsaturated/α-hetero) is 1. The molecule has 0 aromatic heterocycles. The number of nitrogens with zero attached hydrogens (tertiary/aromatic N) is 1. The van der Waals surface area contributed by atoms with Gasteiger partial charge in [-0.1, -0.05) is 24.3 Å². The second kappa shape index (κ2) is 4.67. The van der Waals surface area contributed by atoms with Crippen LogP contribution in [0.15, 0.2) is 48.0 Å². The molecule has 0 bridgehead atoms. The molecule has 1 aliphatic carbocycles. The zero-order valence-corrected chi connectivity index (χ0v) is 10.6. The van der Waals surface area contributed by atoms with Gasteiger partial charge in [-0.2, -0.15) is 5.26 Å². The molecule has 0 atom stereocenters. The van der Waals surface area contributed by atoms with Crippen LogP contribution in [-0.2, 0) is 6.42 Å². The van der Waals surface area contributed by atoms with E-state index in [9.17, 15) is 9.90 Å². The molecule has 0 heterocycles. The summed E-state index contributed by atoms with van der Waals surface area (Å²) in [6.07, 6.45) is 2.21. The summed E-state index contributed by atoms with van der Waals surface area (Å²) in [7, 11) is 0. The molecule has 3 nitrogen and oxygen atoms in total. The molecular weight excluding hydrogens is 250 g/mol. The number of phenolic OH excluding ortho intramolecular Hbond substituents is 1. The van der Waals surface area contributed by atoms with Crippen LogP contribution in [0.2, 0.25) is 0 Å². The molecule has 0 saturated carbocycles. The molecule has 0 saturated heterocycles. The van der Waals surface area contributed by atoms with Crippen LogP contribution >= 0.6 is 0 Å². The first-order valence-corrected chi connectivity index (χ1v) is 6.25. The maximum Gasteiger partial charge on any atom is 0.189 e. The molecule has 3 rings (SSSR count). The van der Waals surface area contributed by atoms with Crippen LogP contribution in [0.5, 0.6) is 5.75 Å². The van der Waals surface area contributed by atoms with Gasteiger partial charge in [0.05, 0.1) is 11.6 Å². The van der Waals surface area contributed by atoms with E-state index in [1.807, 2.05) is 6.07 Å². The first-order chi connectivity index (χ1) is 9.69. The number of allylic oxidation sites excluding steroid dienone is 1. The second-order valence-electron chi connectivity index (χ2n) is 4.72. The van der Waals surface area contributed by atoms with Crippen LogP contribution in [0.4, 0.5) is 0 Å². The number of ketones is 1. The van der Waals surface area contributed by atoms with Gasteiger partial charge in [-0.05, 0) is 29.8 Å². The highest BCUT2D eigenvalue weighted by Gasteiger charge is 2.26. The first kappa shape index (κ1) is 12.2. The minimum absolute atomic E-state index is 0.0572. The Labute approximate surface area is 116 Å². The Hall–Kier alpha value is -2.86. The molecule has 2 aromatic carbocycles. The van der Waals surface area contributed by atoms with Crippen molar-refractivity contribution in [3.8, 4) is 11.8 Å². The predicted molar refractivity (Wildman–Crippen MR) is 75.3 cm³/mol. The molecule has 3 heteroatoms. The van der Waals surface area contributed by atoms with E-state index >= 15 is 0 Å². The van der Waals surface area contributed by atoms with Gasteiger partial charge in [-0.25, -0.2) is 0 Å². The van der Waals surface area contributed by atoms with Gasteiger partial charge < -0.3 is 5.11 Å². The van der Waals surface area contributed by atoms with Crippen molar-refractivity contribution in [3.05, 3.63) is 70.3 Å². The lowest BCUT2D eigenvalue weighted by atomic mass is 10.1. The van der Waals surface area contributed by atoms with Gasteiger partial charge in [0.2, 0.25) is 0 Å². The summed E-state index contributed by atoms with van der Waals surface area (Å²) < 4.78 is 0. The summed E-state index contributed by atoms with van der Waals surface area (Å²) in [4.78, 5) is 12.3. The van der Waals surface area contributed by atoms with Crippen molar-refractivity contribution in [3.63, 3.8) is 0 Å². The predicted octanol–water partition coefficient (Wildman–Crippen LogP) is 3.09. The average molecular weight is 261 g/mol. The number of fused-ring (bicyclic) bond motifs is 1. The standard InChI is InChI=1S/C17H11NO2/c18-10-12-4-1-3-11(7-12)8-13-9-15-14(17(13)20)5-2-6-16(15)19/h1-8,19H,9H2. The number of hydrogen-bond donors (Lipinski definition) is 1. The van der Waals surface area contributed by atoms with Crippen molar-refractivity contribution in [2.45, 2.75) is 6.42 Å². The summed E-state index contributed by atoms with van der Waals surface area (Å²) in [6.45, 7) is 0. The Morgan fingerprint density at radius 2 is 2.00 bits per heavy atom. The molecule has 0 aliphatic heterocycles. The van der Waals surface area contributed by atoms with E-state index in [-0.39, 0.29) is 11.5 Å². The van der Waals surface area contributed by atoms with Gasteiger partial charge in [0.15, 0.2) is 5.78 Å². The van der Waals surface area contributed by atoms with E-state index in [0.29, 0.717) is 28.7 Å². The highest BCUT2D eigenvalue weighted by Crippen LogP contribution is 2.33. The smallest absolute Gasteiger partial charge is 0.189 e. The third kappa shape index (κ3) is 1.98. The normalized spacial score (nSPS) is 15.2. The summed E-state index contributed by atoms with van der Waals surface area (Å²) in [5.74, 6) is 0.100. The van der Waals surface area contributed by atoms with Crippen molar-refractivity contribution < 1.29 is 9.90 Å². The largest absolute Gasteiger partial charge is 0.508 e. The van der Waals surface area contributed by atoms with Gasteiger partial charge in [0.1, 0.15) is 5.75 Å². The van der Waals surface area contributed by atoms with Crippen LogP contribution < -0.4 is 0 Å². The third-order valence-electron chi connectivity index (χ3n) is 3.41. The molecule has 2 aromatic rings. The lowest BCUT2D eigenvalue weighted by molar-refractivity contribution is 0.104. The quantitative estimate of drug-likeness (QED) is 0.802. The molecule has 0 unspecified atom stereocenters. The molecule has 0 fully saturated rings. The van der Waals surface area contributed by atoms with E-state index in [4.69, 9.17) is 5.26 Å². The maximum absolute atomic E-state index is 12.3. The molecule has 0 amide bonds. The number of carbonyl (C=O) groups is 1. The fourth-order valence-corrected chi connectivity index (χ4v) is 2.43. The van der Waals surface area contributed by atoms with Crippen molar-refractivity contribution in [2.24, 2.45) is 0 Å². The number of hydrogen-bond acceptors (Lipinski definition) is 3. The number of carbonyl (C=O) groups excluding carboxylic acids is 1. The summed E-state index contributed by atoms with van der Waals surface area (Å²) >= 11 is 0. The van der Waals surface area contributed by atoms with Crippen molar-refractivity contribution in [1.29, 1.82) is 5.26 Å². The number of aromatic hydroxyl groups is 1. The third-order valence-corrected chi connectivity index (χ3v) is 3.41. The average Bonchev–Trinajstić information content (AvgIpc) is 2.78.